The second-order valence-electron chi connectivity index (χ2n) is 4.16. The van der Waals surface area contributed by atoms with Gasteiger partial charge < -0.3 is 27.8 Å². The lowest BCUT2D eigenvalue weighted by molar-refractivity contribution is -0.122. The second-order valence-corrected chi connectivity index (χ2v) is 4.16. The average molecular weight is 258 g/mol. The molecule has 0 saturated carbocycles. The van der Waals surface area contributed by atoms with Crippen LogP contribution in [0.1, 0.15) is 25.7 Å². The molecule has 8 N–H and O–H groups in total. The van der Waals surface area contributed by atoms with Crippen molar-refractivity contribution in [1.29, 1.82) is 0 Å². The van der Waals surface area contributed by atoms with E-state index in [0.29, 0.717) is 25.9 Å². The fraction of sp³-hybridized carbons (Fsp3) is 0.818. The van der Waals surface area contributed by atoms with E-state index >= 15 is 0 Å². The van der Waals surface area contributed by atoms with Crippen molar-refractivity contribution >= 4 is 11.9 Å². The maximum absolute atomic E-state index is 11.6. The van der Waals surface area contributed by atoms with Gasteiger partial charge in [0, 0.05) is 13.1 Å². The van der Waals surface area contributed by atoms with Crippen LogP contribution in [-0.4, -0.2) is 44.6 Å². The standard InChI is InChI=1S/C11H26N6O/c1-15-6-2-3-7-16-10(18)9(12)5-4-8-17-11(13)14/h9,15H,2-8,12H2,1H3,(H,16,18)(H4,13,14,17)/t9-/m0/s1. The zero-order chi connectivity index (χ0) is 13.8. The highest BCUT2D eigenvalue weighted by molar-refractivity contribution is 5.81. The molecule has 0 rings (SSSR count). The highest BCUT2D eigenvalue weighted by Gasteiger charge is 2.11. The van der Waals surface area contributed by atoms with Crippen molar-refractivity contribution in [3.63, 3.8) is 0 Å². The molecular weight excluding hydrogens is 232 g/mol. The quantitative estimate of drug-likeness (QED) is 0.184. The number of nitrogens with two attached hydrogens (primary N) is 3. The number of nitrogens with one attached hydrogen (secondary N) is 2. The van der Waals surface area contributed by atoms with E-state index in [-0.39, 0.29) is 11.9 Å². The number of hydrogen-bond donors (Lipinski definition) is 5. The first-order chi connectivity index (χ1) is 8.57. The van der Waals surface area contributed by atoms with Gasteiger partial charge in [0.05, 0.1) is 6.04 Å². The molecule has 106 valence electrons. The Morgan fingerprint density at radius 2 is 1.89 bits per heavy atom. The van der Waals surface area contributed by atoms with E-state index in [4.69, 9.17) is 17.2 Å². The third-order valence-electron chi connectivity index (χ3n) is 2.46. The normalized spacial score (nSPS) is 11.9. The lowest BCUT2D eigenvalue weighted by Crippen LogP contribution is -2.41. The number of carbonyl (C=O) groups is 1. The van der Waals surface area contributed by atoms with Crippen LogP contribution >= 0.6 is 0 Å². The van der Waals surface area contributed by atoms with E-state index in [1.54, 1.807) is 0 Å². The Balaban J connectivity index is 3.54. The van der Waals surface area contributed by atoms with Crippen molar-refractivity contribution in [2.75, 3.05) is 26.7 Å². The van der Waals surface area contributed by atoms with Crippen LogP contribution in [0.25, 0.3) is 0 Å². The van der Waals surface area contributed by atoms with Crippen molar-refractivity contribution in [2.45, 2.75) is 31.7 Å². The predicted octanol–water partition coefficient (Wildman–Crippen LogP) is -1.52. The molecule has 0 fully saturated rings. The summed E-state index contributed by atoms with van der Waals surface area (Å²) in [6.45, 7) is 2.13. The molecule has 0 bridgehead atoms. The van der Waals surface area contributed by atoms with Crippen LogP contribution in [0.5, 0.6) is 0 Å². The molecule has 1 amide bonds. The molecule has 0 aromatic rings. The number of nitrogens with zero attached hydrogens (tertiary/aromatic N) is 1. The number of unbranched alkanes of at least 4 members (excludes halogenated alkanes) is 1. The summed E-state index contributed by atoms with van der Waals surface area (Å²) in [6.07, 6.45) is 3.27. The van der Waals surface area contributed by atoms with E-state index in [1.807, 2.05) is 7.05 Å². The Morgan fingerprint density at radius 3 is 2.50 bits per heavy atom. The maximum Gasteiger partial charge on any atom is 0.236 e. The maximum atomic E-state index is 11.6. The Hall–Kier alpha value is -1.34. The van der Waals surface area contributed by atoms with Gasteiger partial charge in [-0.3, -0.25) is 9.79 Å². The summed E-state index contributed by atoms with van der Waals surface area (Å²) in [7, 11) is 1.91. The molecule has 0 aromatic carbocycles. The van der Waals surface area contributed by atoms with Gasteiger partial charge in [-0.1, -0.05) is 0 Å². The van der Waals surface area contributed by atoms with Crippen molar-refractivity contribution in [2.24, 2.45) is 22.2 Å². The molecule has 0 aliphatic rings. The molecule has 0 aliphatic carbocycles. The topological polar surface area (TPSA) is 132 Å². The molecule has 0 saturated heterocycles. The van der Waals surface area contributed by atoms with Crippen molar-refractivity contribution in [3.8, 4) is 0 Å². The first-order valence-corrected chi connectivity index (χ1v) is 6.31. The van der Waals surface area contributed by atoms with E-state index in [0.717, 1.165) is 19.4 Å². The minimum atomic E-state index is -0.483. The van der Waals surface area contributed by atoms with Crippen LogP contribution in [0.2, 0.25) is 0 Å². The van der Waals surface area contributed by atoms with Gasteiger partial charge >= 0.3 is 0 Å². The smallest absolute Gasteiger partial charge is 0.236 e. The molecule has 0 aromatic heterocycles. The Kier molecular flexibility index (Phi) is 9.99. The lowest BCUT2D eigenvalue weighted by Gasteiger charge is -2.11. The second kappa shape index (κ2) is 10.8. The Morgan fingerprint density at radius 1 is 1.22 bits per heavy atom. The van der Waals surface area contributed by atoms with E-state index in [9.17, 15) is 4.79 Å². The number of rotatable bonds is 10. The molecule has 7 heteroatoms. The molecule has 1 atom stereocenters. The molecule has 0 aliphatic heterocycles. The van der Waals surface area contributed by atoms with Gasteiger partial charge in [0.2, 0.25) is 5.91 Å². The first kappa shape index (κ1) is 16.7. The van der Waals surface area contributed by atoms with Crippen LogP contribution in [0.15, 0.2) is 4.99 Å². The monoisotopic (exact) mass is 258 g/mol. The van der Waals surface area contributed by atoms with E-state index < -0.39 is 6.04 Å². The zero-order valence-corrected chi connectivity index (χ0v) is 11.1. The minimum Gasteiger partial charge on any atom is -0.370 e. The van der Waals surface area contributed by atoms with Gasteiger partial charge in [-0.2, -0.15) is 0 Å². The van der Waals surface area contributed by atoms with E-state index in [2.05, 4.69) is 15.6 Å². The SMILES string of the molecule is CNCCCCNC(=O)[C@@H](N)CCCN=C(N)N. The zero-order valence-electron chi connectivity index (χ0n) is 11.1. The third-order valence-corrected chi connectivity index (χ3v) is 2.46. The van der Waals surface area contributed by atoms with Gasteiger partial charge in [-0.15, -0.1) is 0 Å². The van der Waals surface area contributed by atoms with Gasteiger partial charge in [0.15, 0.2) is 5.96 Å². The molecule has 0 radical (unpaired) electrons. The fourth-order valence-electron chi connectivity index (χ4n) is 1.42. The summed E-state index contributed by atoms with van der Waals surface area (Å²) in [5, 5.41) is 5.87. The minimum absolute atomic E-state index is 0.0672. The Bertz CT molecular complexity index is 252. The number of amides is 1. The van der Waals surface area contributed by atoms with Crippen LogP contribution in [0.3, 0.4) is 0 Å². The largest absolute Gasteiger partial charge is 0.370 e. The fourth-order valence-corrected chi connectivity index (χ4v) is 1.42. The van der Waals surface area contributed by atoms with Crippen LogP contribution in [0.4, 0.5) is 0 Å². The molecular formula is C11H26N6O. The number of guanidine groups is 1. The van der Waals surface area contributed by atoms with Gasteiger partial charge in [-0.05, 0) is 39.3 Å². The van der Waals surface area contributed by atoms with Gasteiger partial charge in [0.25, 0.3) is 0 Å². The molecule has 0 heterocycles. The summed E-state index contributed by atoms with van der Waals surface area (Å²) in [5.74, 6) is -0.0401. The van der Waals surface area contributed by atoms with Crippen LogP contribution in [0, 0.1) is 0 Å². The summed E-state index contributed by atoms with van der Waals surface area (Å²) in [6, 6.07) is -0.483. The third kappa shape index (κ3) is 9.86. The van der Waals surface area contributed by atoms with Crippen LogP contribution in [-0.2, 0) is 4.79 Å². The summed E-state index contributed by atoms with van der Waals surface area (Å²) >= 11 is 0. The lowest BCUT2D eigenvalue weighted by atomic mass is 10.1. The average Bonchev–Trinajstić information content (AvgIpc) is 2.33. The highest BCUT2D eigenvalue weighted by Crippen LogP contribution is 1.95. The van der Waals surface area contributed by atoms with E-state index in [1.165, 1.54) is 0 Å². The molecule has 0 unspecified atom stereocenters. The van der Waals surface area contributed by atoms with Crippen molar-refractivity contribution in [1.82, 2.24) is 10.6 Å². The first-order valence-electron chi connectivity index (χ1n) is 6.31. The number of carbonyl (C=O) groups excluding carboxylic acids is 1. The predicted molar refractivity (Wildman–Crippen MR) is 74.1 cm³/mol. The van der Waals surface area contributed by atoms with Crippen LogP contribution < -0.4 is 27.8 Å². The summed E-state index contributed by atoms with van der Waals surface area (Å²) in [4.78, 5) is 15.4. The number of aliphatic imine (C=N–C) groups is 1. The Labute approximate surface area is 109 Å². The molecule has 0 spiro atoms. The summed E-state index contributed by atoms with van der Waals surface area (Å²) in [5.41, 5.74) is 16.1. The number of hydrogen-bond acceptors (Lipinski definition) is 4. The van der Waals surface area contributed by atoms with Gasteiger partial charge in [-0.25, -0.2) is 0 Å². The van der Waals surface area contributed by atoms with Gasteiger partial charge in [0.1, 0.15) is 0 Å². The molecule has 7 nitrogen and oxygen atoms in total. The highest BCUT2D eigenvalue weighted by atomic mass is 16.2. The van der Waals surface area contributed by atoms with Crippen molar-refractivity contribution < 1.29 is 4.79 Å². The summed E-state index contributed by atoms with van der Waals surface area (Å²) < 4.78 is 0. The molecule has 18 heavy (non-hydrogen) atoms. The van der Waals surface area contributed by atoms with Crippen molar-refractivity contribution in [3.05, 3.63) is 0 Å².